The molecule has 164 valence electrons. The molecule has 3 atom stereocenters. The van der Waals surface area contributed by atoms with Crippen LogP contribution >= 0.6 is 0 Å². The van der Waals surface area contributed by atoms with Gasteiger partial charge in [0.25, 0.3) is 0 Å². The highest BCUT2D eigenvalue weighted by Crippen LogP contribution is 2.39. The minimum atomic E-state index is -4.36. The number of alkyl halides is 4. The molecule has 2 nitrogen and oxygen atoms in total. The van der Waals surface area contributed by atoms with Gasteiger partial charge in [0.15, 0.2) is 0 Å². The summed E-state index contributed by atoms with van der Waals surface area (Å²) in [5.41, 5.74) is 2.94. The van der Waals surface area contributed by atoms with Crippen molar-refractivity contribution in [3.63, 3.8) is 0 Å². The molecule has 2 aliphatic rings. The van der Waals surface area contributed by atoms with E-state index in [0.29, 0.717) is 18.5 Å². The zero-order valence-electron chi connectivity index (χ0n) is 17.9. The zero-order chi connectivity index (χ0) is 21.6. The van der Waals surface area contributed by atoms with Gasteiger partial charge in [0, 0.05) is 17.8 Å². The molecule has 2 fully saturated rings. The lowest BCUT2D eigenvalue weighted by Crippen LogP contribution is -2.48. The van der Waals surface area contributed by atoms with Crippen LogP contribution in [0.3, 0.4) is 0 Å². The van der Waals surface area contributed by atoms with Crippen LogP contribution in [0, 0.1) is 0 Å². The number of halogens is 4. The number of nitrogens with one attached hydrogen (secondary N) is 2. The molecule has 0 bridgehead atoms. The molecule has 6 heteroatoms. The average molecular weight is 415 g/mol. The van der Waals surface area contributed by atoms with Gasteiger partial charge in [-0.25, -0.2) is 4.39 Å². The Morgan fingerprint density at radius 3 is 2.45 bits per heavy atom. The SMILES string of the molecule is CC.CCC(C)c1cc(C(F)(F)F)ccc1C(NC1CCNCC1F)=C1CCC1. The van der Waals surface area contributed by atoms with Gasteiger partial charge in [0.1, 0.15) is 6.17 Å². The van der Waals surface area contributed by atoms with E-state index in [2.05, 4.69) is 10.6 Å². The highest BCUT2D eigenvalue weighted by molar-refractivity contribution is 5.72. The van der Waals surface area contributed by atoms with Crippen LogP contribution in [0.4, 0.5) is 17.6 Å². The van der Waals surface area contributed by atoms with Gasteiger partial charge in [0.05, 0.1) is 11.6 Å². The summed E-state index contributed by atoms with van der Waals surface area (Å²) in [5.74, 6) is -0.00558. The van der Waals surface area contributed by atoms with E-state index in [1.54, 1.807) is 6.07 Å². The second-order valence-corrected chi connectivity index (χ2v) is 7.70. The Kier molecular flexibility index (Phi) is 8.56. The van der Waals surface area contributed by atoms with Crippen molar-refractivity contribution < 1.29 is 17.6 Å². The molecule has 3 unspecified atom stereocenters. The fourth-order valence-electron chi connectivity index (χ4n) is 3.74. The number of allylic oxidation sites excluding steroid dienone is 1. The first-order chi connectivity index (χ1) is 13.8. The fraction of sp³-hybridized carbons (Fsp3) is 0.652. The molecular formula is C23H34F4N2. The van der Waals surface area contributed by atoms with Crippen molar-refractivity contribution >= 4 is 5.70 Å². The van der Waals surface area contributed by atoms with Gasteiger partial charge in [-0.15, -0.1) is 0 Å². The van der Waals surface area contributed by atoms with E-state index in [1.165, 1.54) is 11.6 Å². The van der Waals surface area contributed by atoms with E-state index in [4.69, 9.17) is 0 Å². The summed E-state index contributed by atoms with van der Waals surface area (Å²) in [6, 6.07) is 3.70. The fourth-order valence-corrected chi connectivity index (χ4v) is 3.74. The molecule has 1 heterocycles. The van der Waals surface area contributed by atoms with Gasteiger partial charge in [0.2, 0.25) is 0 Å². The smallest absolute Gasteiger partial charge is 0.379 e. The third-order valence-corrected chi connectivity index (χ3v) is 5.84. The van der Waals surface area contributed by atoms with Crippen molar-refractivity contribution in [2.24, 2.45) is 0 Å². The molecule has 1 aliphatic heterocycles. The number of hydrogen-bond acceptors (Lipinski definition) is 2. The van der Waals surface area contributed by atoms with Gasteiger partial charge < -0.3 is 10.6 Å². The maximum absolute atomic E-state index is 14.4. The Morgan fingerprint density at radius 2 is 1.93 bits per heavy atom. The first-order valence-electron chi connectivity index (χ1n) is 10.9. The summed E-state index contributed by atoms with van der Waals surface area (Å²) in [6.45, 7) is 8.98. The molecule has 1 aromatic rings. The summed E-state index contributed by atoms with van der Waals surface area (Å²) in [5, 5.41) is 6.43. The molecule has 0 aromatic heterocycles. The minimum Gasteiger partial charge on any atom is -0.379 e. The minimum absolute atomic E-state index is 0.00558. The van der Waals surface area contributed by atoms with Crippen LogP contribution in [0.25, 0.3) is 5.70 Å². The Balaban J connectivity index is 0.00000145. The van der Waals surface area contributed by atoms with Gasteiger partial charge in [-0.1, -0.05) is 33.8 Å². The first-order valence-corrected chi connectivity index (χ1v) is 10.9. The van der Waals surface area contributed by atoms with E-state index < -0.39 is 17.9 Å². The number of piperidine rings is 1. The predicted octanol–water partition coefficient (Wildman–Crippen LogP) is 6.43. The molecule has 1 aliphatic carbocycles. The Labute approximate surface area is 172 Å². The second kappa shape index (κ2) is 10.5. The molecule has 0 radical (unpaired) electrons. The maximum Gasteiger partial charge on any atom is 0.416 e. The van der Waals surface area contributed by atoms with Crippen LogP contribution in [0.5, 0.6) is 0 Å². The number of rotatable bonds is 5. The summed E-state index contributed by atoms with van der Waals surface area (Å²) >= 11 is 0. The molecule has 1 aromatic carbocycles. The summed E-state index contributed by atoms with van der Waals surface area (Å²) in [6.07, 6.45) is -1.04. The molecular weight excluding hydrogens is 380 g/mol. The normalized spacial score (nSPS) is 22.8. The van der Waals surface area contributed by atoms with E-state index in [0.717, 1.165) is 49.6 Å². The lowest BCUT2D eigenvalue weighted by molar-refractivity contribution is -0.137. The molecule has 2 N–H and O–H groups in total. The Hall–Kier alpha value is -1.56. The number of benzene rings is 1. The van der Waals surface area contributed by atoms with Crippen molar-refractivity contribution in [3.8, 4) is 0 Å². The largest absolute Gasteiger partial charge is 0.416 e. The molecule has 1 saturated carbocycles. The second-order valence-electron chi connectivity index (χ2n) is 7.70. The van der Waals surface area contributed by atoms with Crippen molar-refractivity contribution in [2.45, 2.75) is 84.1 Å². The Morgan fingerprint density at radius 1 is 1.24 bits per heavy atom. The lowest BCUT2D eigenvalue weighted by Gasteiger charge is -2.33. The highest BCUT2D eigenvalue weighted by Gasteiger charge is 2.33. The van der Waals surface area contributed by atoms with Crippen molar-refractivity contribution in [2.75, 3.05) is 13.1 Å². The van der Waals surface area contributed by atoms with Crippen molar-refractivity contribution in [3.05, 3.63) is 40.5 Å². The van der Waals surface area contributed by atoms with E-state index in [-0.39, 0.29) is 12.0 Å². The molecule has 0 amide bonds. The third-order valence-electron chi connectivity index (χ3n) is 5.84. The van der Waals surface area contributed by atoms with Gasteiger partial charge in [-0.2, -0.15) is 13.2 Å². The van der Waals surface area contributed by atoms with Crippen LogP contribution in [-0.2, 0) is 6.18 Å². The summed E-state index contributed by atoms with van der Waals surface area (Å²) in [7, 11) is 0. The highest BCUT2D eigenvalue weighted by atomic mass is 19.4. The van der Waals surface area contributed by atoms with Crippen molar-refractivity contribution in [1.29, 1.82) is 0 Å². The third kappa shape index (κ3) is 5.74. The van der Waals surface area contributed by atoms with Crippen molar-refractivity contribution in [1.82, 2.24) is 10.6 Å². The molecule has 1 saturated heterocycles. The van der Waals surface area contributed by atoms with Crippen LogP contribution in [0.2, 0.25) is 0 Å². The van der Waals surface area contributed by atoms with E-state index >= 15 is 0 Å². The van der Waals surface area contributed by atoms with Crippen LogP contribution in [-0.4, -0.2) is 25.3 Å². The molecule has 3 rings (SSSR count). The average Bonchev–Trinajstić information content (AvgIpc) is 2.67. The van der Waals surface area contributed by atoms with Crippen LogP contribution < -0.4 is 10.6 Å². The molecule has 0 spiro atoms. The zero-order valence-corrected chi connectivity index (χ0v) is 17.9. The molecule has 29 heavy (non-hydrogen) atoms. The van der Waals surface area contributed by atoms with E-state index in [1.807, 2.05) is 27.7 Å². The Bertz CT molecular complexity index is 691. The van der Waals surface area contributed by atoms with Gasteiger partial charge in [-0.05, 0) is 67.8 Å². The standard InChI is InChI=1S/C21H28F4N2.C2H6/c1-3-13(2)17-11-15(21(23,24)25)7-8-16(17)20(14-5-4-6-14)27-19-9-10-26-12-18(19)22;1-2/h7-8,11,13,18-19,26-27H,3-6,9-10,12H2,1-2H3;1-2H3. The first kappa shape index (κ1) is 23.7. The van der Waals surface area contributed by atoms with Crippen LogP contribution in [0.1, 0.15) is 82.4 Å². The lowest BCUT2D eigenvalue weighted by atomic mass is 9.83. The van der Waals surface area contributed by atoms with Gasteiger partial charge in [-0.3, -0.25) is 0 Å². The van der Waals surface area contributed by atoms with E-state index in [9.17, 15) is 17.6 Å². The predicted molar refractivity (Wildman–Crippen MR) is 112 cm³/mol. The van der Waals surface area contributed by atoms with Gasteiger partial charge >= 0.3 is 6.18 Å². The quantitative estimate of drug-likeness (QED) is 0.543. The maximum atomic E-state index is 14.4. The monoisotopic (exact) mass is 414 g/mol. The van der Waals surface area contributed by atoms with Crippen LogP contribution in [0.15, 0.2) is 23.8 Å². The number of hydrogen-bond donors (Lipinski definition) is 2. The summed E-state index contributed by atoms with van der Waals surface area (Å²) < 4.78 is 54.1. The topological polar surface area (TPSA) is 24.1 Å². The summed E-state index contributed by atoms with van der Waals surface area (Å²) in [4.78, 5) is 0.